The lowest BCUT2D eigenvalue weighted by atomic mass is 10.1. The van der Waals surface area contributed by atoms with Crippen LogP contribution in [0.2, 0.25) is 0 Å². The Morgan fingerprint density at radius 1 is 1.10 bits per heavy atom. The van der Waals surface area contributed by atoms with Gasteiger partial charge in [0.25, 0.3) is 5.91 Å². The van der Waals surface area contributed by atoms with Crippen molar-refractivity contribution in [3.8, 4) is 5.69 Å². The summed E-state index contributed by atoms with van der Waals surface area (Å²) < 4.78 is 16.9. The normalized spacial score (nSPS) is 10.9. The van der Waals surface area contributed by atoms with Crippen molar-refractivity contribution in [2.75, 3.05) is 5.32 Å². The largest absolute Gasteiger partial charge is 0.331 e. The van der Waals surface area contributed by atoms with E-state index in [9.17, 15) is 9.18 Å². The SMILES string of the molecule is CCc1c(C(=O)Nc2ccc(Cn3ccnc3C)cc2)cnn1-c1ccc(F)cc1. The quantitative estimate of drug-likeness (QED) is 0.520. The molecule has 4 aromatic rings. The fourth-order valence-corrected chi connectivity index (χ4v) is 3.37. The topological polar surface area (TPSA) is 64.7 Å². The molecule has 1 N–H and O–H groups in total. The molecule has 0 spiro atoms. The van der Waals surface area contributed by atoms with Gasteiger partial charge in [0, 0.05) is 24.6 Å². The average Bonchev–Trinajstić information content (AvgIpc) is 3.36. The first kappa shape index (κ1) is 19.6. The standard InChI is InChI=1S/C23H22FN5O/c1-3-22-21(14-26-29(22)20-10-6-18(24)7-11-20)23(30)27-19-8-4-17(5-9-19)15-28-13-12-25-16(28)2/h4-14H,3,15H2,1-2H3,(H,27,30). The summed E-state index contributed by atoms with van der Waals surface area (Å²) in [6.45, 7) is 4.65. The van der Waals surface area contributed by atoms with Crippen molar-refractivity contribution in [3.63, 3.8) is 0 Å². The molecule has 30 heavy (non-hydrogen) atoms. The lowest BCUT2D eigenvalue weighted by Gasteiger charge is -2.10. The summed E-state index contributed by atoms with van der Waals surface area (Å²) in [5.41, 5.74) is 3.81. The Bertz CT molecular complexity index is 1160. The van der Waals surface area contributed by atoms with Crippen molar-refractivity contribution in [2.24, 2.45) is 0 Å². The summed E-state index contributed by atoms with van der Waals surface area (Å²) >= 11 is 0. The predicted octanol–water partition coefficient (Wildman–Crippen LogP) is 4.38. The third kappa shape index (κ3) is 4.00. The second kappa shape index (κ2) is 8.32. The minimum Gasteiger partial charge on any atom is -0.331 e. The molecule has 4 rings (SSSR count). The molecular formula is C23H22FN5O. The predicted molar refractivity (Wildman–Crippen MR) is 113 cm³/mol. The molecule has 2 aromatic carbocycles. The first-order valence-electron chi connectivity index (χ1n) is 9.76. The number of imidazole rings is 1. The van der Waals surface area contributed by atoms with Crippen LogP contribution >= 0.6 is 0 Å². The van der Waals surface area contributed by atoms with Gasteiger partial charge in [-0.3, -0.25) is 4.79 Å². The van der Waals surface area contributed by atoms with Crippen LogP contribution in [0.15, 0.2) is 67.1 Å². The Kier molecular flexibility index (Phi) is 5.43. The number of aromatic nitrogens is 4. The molecule has 0 aliphatic rings. The lowest BCUT2D eigenvalue weighted by molar-refractivity contribution is 0.102. The van der Waals surface area contributed by atoms with Gasteiger partial charge in [-0.05, 0) is 55.3 Å². The minimum atomic E-state index is -0.312. The van der Waals surface area contributed by atoms with E-state index >= 15 is 0 Å². The summed E-state index contributed by atoms with van der Waals surface area (Å²) in [7, 11) is 0. The average molecular weight is 403 g/mol. The zero-order chi connectivity index (χ0) is 21.1. The van der Waals surface area contributed by atoms with Gasteiger partial charge >= 0.3 is 0 Å². The van der Waals surface area contributed by atoms with Gasteiger partial charge in [-0.15, -0.1) is 0 Å². The highest BCUT2D eigenvalue weighted by Gasteiger charge is 2.17. The Balaban J connectivity index is 1.50. The van der Waals surface area contributed by atoms with E-state index in [0.717, 1.165) is 23.6 Å². The van der Waals surface area contributed by atoms with Crippen molar-refractivity contribution in [3.05, 3.63) is 95.6 Å². The highest BCUT2D eigenvalue weighted by molar-refractivity contribution is 6.05. The fraction of sp³-hybridized carbons (Fsp3) is 0.174. The van der Waals surface area contributed by atoms with Crippen molar-refractivity contribution in [1.82, 2.24) is 19.3 Å². The zero-order valence-corrected chi connectivity index (χ0v) is 16.8. The number of carbonyl (C=O) groups is 1. The van der Waals surface area contributed by atoms with Gasteiger partial charge in [-0.2, -0.15) is 5.10 Å². The van der Waals surface area contributed by atoms with Gasteiger partial charge in [-0.25, -0.2) is 14.1 Å². The van der Waals surface area contributed by atoms with Crippen LogP contribution in [0.1, 0.15) is 34.4 Å². The van der Waals surface area contributed by atoms with Gasteiger partial charge in [0.1, 0.15) is 11.6 Å². The van der Waals surface area contributed by atoms with Crippen LogP contribution in [-0.2, 0) is 13.0 Å². The number of nitrogens with zero attached hydrogens (tertiary/aromatic N) is 4. The molecular weight excluding hydrogens is 381 g/mol. The monoisotopic (exact) mass is 403 g/mol. The summed E-state index contributed by atoms with van der Waals surface area (Å²) in [5, 5.41) is 7.27. The molecule has 0 fully saturated rings. The van der Waals surface area contributed by atoms with Gasteiger partial charge in [0.2, 0.25) is 0 Å². The van der Waals surface area contributed by atoms with E-state index in [4.69, 9.17) is 0 Å². The third-order valence-corrected chi connectivity index (χ3v) is 5.01. The number of amides is 1. The molecule has 0 bridgehead atoms. The molecule has 0 radical (unpaired) electrons. The number of nitrogens with one attached hydrogen (secondary N) is 1. The first-order chi connectivity index (χ1) is 14.5. The molecule has 0 saturated heterocycles. The fourth-order valence-electron chi connectivity index (χ4n) is 3.37. The molecule has 152 valence electrons. The second-order valence-corrected chi connectivity index (χ2v) is 7.00. The molecule has 7 heteroatoms. The van der Waals surface area contributed by atoms with E-state index in [0.29, 0.717) is 23.4 Å². The molecule has 1 amide bonds. The van der Waals surface area contributed by atoms with Crippen LogP contribution in [0.5, 0.6) is 0 Å². The summed E-state index contributed by atoms with van der Waals surface area (Å²) in [6.07, 6.45) is 5.88. The van der Waals surface area contributed by atoms with Crippen molar-refractivity contribution < 1.29 is 9.18 Å². The third-order valence-electron chi connectivity index (χ3n) is 5.01. The number of benzene rings is 2. The van der Waals surface area contributed by atoms with Crippen molar-refractivity contribution in [1.29, 1.82) is 0 Å². The highest BCUT2D eigenvalue weighted by atomic mass is 19.1. The molecule has 0 aliphatic heterocycles. The number of hydrogen-bond donors (Lipinski definition) is 1. The second-order valence-electron chi connectivity index (χ2n) is 7.00. The van der Waals surface area contributed by atoms with Crippen molar-refractivity contribution >= 4 is 11.6 Å². The molecule has 0 aliphatic carbocycles. The number of carbonyl (C=O) groups excluding carboxylic acids is 1. The van der Waals surface area contributed by atoms with E-state index in [1.807, 2.05) is 44.3 Å². The van der Waals surface area contributed by atoms with Crippen LogP contribution in [0, 0.1) is 12.7 Å². The van der Waals surface area contributed by atoms with Crippen LogP contribution in [0.3, 0.4) is 0 Å². The van der Waals surface area contributed by atoms with Gasteiger partial charge in [0.05, 0.1) is 23.1 Å². The van der Waals surface area contributed by atoms with Gasteiger partial charge in [0.15, 0.2) is 0 Å². The smallest absolute Gasteiger partial charge is 0.259 e. The Hall–Kier alpha value is -3.74. The Morgan fingerprint density at radius 3 is 2.47 bits per heavy atom. The molecule has 2 aromatic heterocycles. The molecule has 0 saturated carbocycles. The van der Waals surface area contributed by atoms with Crippen LogP contribution in [-0.4, -0.2) is 25.2 Å². The summed E-state index contributed by atoms with van der Waals surface area (Å²) in [4.78, 5) is 17.1. The van der Waals surface area contributed by atoms with Gasteiger partial charge in [-0.1, -0.05) is 19.1 Å². The van der Waals surface area contributed by atoms with E-state index in [-0.39, 0.29) is 11.7 Å². The summed E-state index contributed by atoms with van der Waals surface area (Å²) in [6, 6.07) is 13.8. The number of hydrogen-bond acceptors (Lipinski definition) is 3. The first-order valence-corrected chi connectivity index (χ1v) is 9.76. The zero-order valence-electron chi connectivity index (χ0n) is 16.8. The molecule has 6 nitrogen and oxygen atoms in total. The van der Waals surface area contributed by atoms with Gasteiger partial charge < -0.3 is 9.88 Å². The van der Waals surface area contributed by atoms with Crippen LogP contribution in [0.25, 0.3) is 5.69 Å². The van der Waals surface area contributed by atoms with Crippen LogP contribution in [0.4, 0.5) is 10.1 Å². The molecule has 0 unspecified atom stereocenters. The number of rotatable bonds is 6. The number of aryl methyl sites for hydroxylation is 1. The number of anilines is 1. The van der Waals surface area contributed by atoms with Crippen LogP contribution < -0.4 is 5.32 Å². The summed E-state index contributed by atoms with van der Waals surface area (Å²) in [5.74, 6) is 0.421. The lowest BCUT2D eigenvalue weighted by Crippen LogP contribution is -2.14. The van der Waals surface area contributed by atoms with E-state index in [1.54, 1.807) is 29.2 Å². The molecule has 2 heterocycles. The Morgan fingerprint density at radius 2 is 1.83 bits per heavy atom. The maximum Gasteiger partial charge on any atom is 0.259 e. The van der Waals surface area contributed by atoms with Crippen molar-refractivity contribution in [2.45, 2.75) is 26.8 Å². The van der Waals surface area contributed by atoms with E-state index in [1.165, 1.54) is 12.1 Å². The highest BCUT2D eigenvalue weighted by Crippen LogP contribution is 2.19. The maximum absolute atomic E-state index is 13.2. The molecule has 0 atom stereocenters. The Labute approximate surface area is 174 Å². The minimum absolute atomic E-state index is 0.224. The maximum atomic E-state index is 13.2. The van der Waals surface area contributed by atoms with E-state index in [2.05, 4.69) is 20.0 Å². The van der Waals surface area contributed by atoms with E-state index < -0.39 is 0 Å². The number of halogens is 1.